The summed E-state index contributed by atoms with van der Waals surface area (Å²) in [5, 5.41) is 3.72. The molecule has 297 valence electrons. The van der Waals surface area contributed by atoms with Crippen molar-refractivity contribution in [2.45, 2.75) is 156 Å². The van der Waals surface area contributed by atoms with Gasteiger partial charge in [0.2, 0.25) is 0 Å². The minimum atomic E-state index is 0. The minimum absolute atomic E-state index is 0. The van der Waals surface area contributed by atoms with Gasteiger partial charge in [-0.05, 0) is 74.9 Å². The molecule has 0 atom stereocenters. The molecule has 55 heavy (non-hydrogen) atoms. The third-order valence-corrected chi connectivity index (χ3v) is 10.3. The number of para-hydroxylation sites is 3. The van der Waals surface area contributed by atoms with Crippen molar-refractivity contribution in [1.29, 1.82) is 0 Å². The predicted molar refractivity (Wildman–Crippen MR) is 236 cm³/mol. The van der Waals surface area contributed by atoms with Crippen LogP contribution >= 0.6 is 0 Å². The van der Waals surface area contributed by atoms with E-state index in [0.29, 0.717) is 0 Å². The van der Waals surface area contributed by atoms with Crippen molar-refractivity contribution >= 4 is 32.7 Å². The molecule has 0 bridgehead atoms. The van der Waals surface area contributed by atoms with Crippen LogP contribution in [0.4, 0.5) is 0 Å². The number of rotatable bonds is 21. The molecular formula is C51H69IrN3. The molecule has 0 unspecified atom stereocenters. The Hall–Kier alpha value is -3.46. The molecule has 0 aliphatic heterocycles. The van der Waals surface area contributed by atoms with Crippen LogP contribution in [0.1, 0.15) is 153 Å². The molecule has 4 heteroatoms. The quantitative estimate of drug-likeness (QED) is 0.0675. The van der Waals surface area contributed by atoms with Crippen LogP contribution in [0.5, 0.6) is 0 Å². The first kappa shape index (κ1) is 45.9. The monoisotopic (exact) mass is 917 g/mol. The van der Waals surface area contributed by atoms with Crippen LogP contribution in [-0.2, 0) is 39.4 Å². The zero-order valence-electron chi connectivity index (χ0n) is 34.4. The fourth-order valence-corrected chi connectivity index (χ4v) is 7.00. The molecule has 6 rings (SSSR count). The van der Waals surface area contributed by atoms with Crippen molar-refractivity contribution < 1.29 is 20.1 Å². The Labute approximate surface area is 347 Å². The molecule has 3 heterocycles. The summed E-state index contributed by atoms with van der Waals surface area (Å²) in [6.07, 6.45) is 27.6. The van der Waals surface area contributed by atoms with Gasteiger partial charge in [-0.2, -0.15) is 0 Å². The molecule has 0 amide bonds. The van der Waals surface area contributed by atoms with Crippen LogP contribution < -0.4 is 0 Å². The summed E-state index contributed by atoms with van der Waals surface area (Å²) in [6.45, 7) is 6.79. The maximum Gasteiger partial charge on any atom is 0.0705 e. The van der Waals surface area contributed by atoms with E-state index < -0.39 is 0 Å². The Morgan fingerprint density at radius 3 is 0.836 bits per heavy atom. The number of fused-ring (bicyclic) bond motifs is 3. The van der Waals surface area contributed by atoms with Crippen LogP contribution in [0.15, 0.2) is 109 Å². The van der Waals surface area contributed by atoms with Gasteiger partial charge in [0.25, 0.3) is 0 Å². The Bertz CT molecular complexity index is 1650. The van der Waals surface area contributed by atoms with Crippen LogP contribution in [0.25, 0.3) is 32.7 Å². The van der Waals surface area contributed by atoms with Crippen molar-refractivity contribution in [2.24, 2.45) is 0 Å². The Kier molecular flexibility index (Phi) is 24.1. The predicted octanol–water partition coefficient (Wildman–Crippen LogP) is 15.4. The topological polar surface area (TPSA) is 38.7 Å². The summed E-state index contributed by atoms with van der Waals surface area (Å²) in [4.78, 5) is 14.1. The SMILES string of the molecule is CCCCCCCCc1ccc2ccccc2n1.CCCCCCCCc1ccc2ccccc2n1.CCCCCCCCc1ccc2ccccc2n1.[Ir]. The standard InChI is InChI=1S/3C17H23N.Ir/c3*1-2-3-4-5-6-7-11-16-14-13-15-10-8-9-12-17(15)18-16;/h3*8-10,12-14H,2-7,11H2,1H3;. The fraction of sp³-hybridized carbons (Fsp3) is 0.471. The summed E-state index contributed by atoms with van der Waals surface area (Å²) < 4.78 is 0. The van der Waals surface area contributed by atoms with E-state index in [9.17, 15) is 0 Å². The Morgan fingerprint density at radius 2 is 0.545 bits per heavy atom. The van der Waals surface area contributed by atoms with Gasteiger partial charge in [0.05, 0.1) is 16.6 Å². The second-order valence-corrected chi connectivity index (χ2v) is 15.0. The zero-order valence-corrected chi connectivity index (χ0v) is 36.8. The second-order valence-electron chi connectivity index (χ2n) is 15.0. The number of aromatic nitrogens is 3. The van der Waals surface area contributed by atoms with Gasteiger partial charge in [0, 0.05) is 53.3 Å². The molecule has 0 saturated carbocycles. The van der Waals surface area contributed by atoms with E-state index in [-0.39, 0.29) is 20.1 Å². The van der Waals surface area contributed by atoms with Gasteiger partial charge in [-0.15, -0.1) is 0 Å². The van der Waals surface area contributed by atoms with Crippen LogP contribution in [-0.4, -0.2) is 15.0 Å². The third kappa shape index (κ3) is 18.4. The van der Waals surface area contributed by atoms with Gasteiger partial charge in [-0.1, -0.05) is 190 Å². The molecule has 3 aromatic carbocycles. The van der Waals surface area contributed by atoms with Gasteiger partial charge < -0.3 is 0 Å². The summed E-state index contributed by atoms with van der Waals surface area (Å²) >= 11 is 0. The molecule has 3 aromatic heterocycles. The maximum absolute atomic E-state index is 4.71. The van der Waals surface area contributed by atoms with E-state index in [1.807, 2.05) is 0 Å². The Balaban J connectivity index is 0.000000220. The first-order valence-corrected chi connectivity index (χ1v) is 21.7. The number of aryl methyl sites for hydroxylation is 3. The minimum Gasteiger partial charge on any atom is -0.253 e. The van der Waals surface area contributed by atoms with Crippen LogP contribution in [0, 0.1) is 0 Å². The molecule has 0 N–H and O–H groups in total. The van der Waals surface area contributed by atoms with Gasteiger partial charge in [0.1, 0.15) is 0 Å². The van der Waals surface area contributed by atoms with Crippen LogP contribution in [0.3, 0.4) is 0 Å². The van der Waals surface area contributed by atoms with E-state index in [1.54, 1.807) is 0 Å². The van der Waals surface area contributed by atoms with E-state index >= 15 is 0 Å². The number of nitrogens with zero attached hydrogens (tertiary/aromatic N) is 3. The van der Waals surface area contributed by atoms with E-state index in [0.717, 1.165) is 35.8 Å². The number of benzene rings is 3. The number of hydrogen-bond acceptors (Lipinski definition) is 3. The molecule has 0 aliphatic carbocycles. The van der Waals surface area contributed by atoms with Crippen molar-refractivity contribution in [3.8, 4) is 0 Å². The largest absolute Gasteiger partial charge is 0.253 e. The van der Waals surface area contributed by atoms with Crippen molar-refractivity contribution in [1.82, 2.24) is 15.0 Å². The van der Waals surface area contributed by atoms with Gasteiger partial charge in [-0.3, -0.25) is 15.0 Å². The maximum atomic E-state index is 4.71. The zero-order chi connectivity index (χ0) is 37.9. The molecule has 0 spiro atoms. The Morgan fingerprint density at radius 1 is 0.291 bits per heavy atom. The average Bonchev–Trinajstić information content (AvgIpc) is 3.22. The number of hydrogen-bond donors (Lipinski definition) is 0. The molecule has 0 fully saturated rings. The van der Waals surface area contributed by atoms with Crippen molar-refractivity contribution in [3.05, 3.63) is 126 Å². The normalized spacial score (nSPS) is 10.7. The average molecular weight is 916 g/mol. The molecule has 1 radical (unpaired) electrons. The second kappa shape index (κ2) is 28.9. The molecule has 6 aromatic rings. The first-order chi connectivity index (χ1) is 26.7. The number of unbranched alkanes of at least 4 members (excludes halogenated alkanes) is 15. The molecular weight excluding hydrogens is 847 g/mol. The third-order valence-electron chi connectivity index (χ3n) is 10.3. The van der Waals surface area contributed by atoms with E-state index in [1.165, 1.54) is 149 Å². The summed E-state index contributed by atoms with van der Waals surface area (Å²) in [5.74, 6) is 0. The molecule has 0 aliphatic rings. The fourth-order valence-electron chi connectivity index (χ4n) is 7.00. The van der Waals surface area contributed by atoms with Crippen molar-refractivity contribution in [2.75, 3.05) is 0 Å². The number of pyridine rings is 3. The van der Waals surface area contributed by atoms with E-state index in [2.05, 4.69) is 130 Å². The van der Waals surface area contributed by atoms with Gasteiger partial charge in [0.15, 0.2) is 0 Å². The summed E-state index contributed by atoms with van der Waals surface area (Å²) in [5.41, 5.74) is 7.10. The first-order valence-electron chi connectivity index (χ1n) is 21.7. The van der Waals surface area contributed by atoms with Gasteiger partial charge in [-0.25, -0.2) is 0 Å². The van der Waals surface area contributed by atoms with Crippen molar-refractivity contribution in [3.63, 3.8) is 0 Å². The molecule has 0 saturated heterocycles. The van der Waals surface area contributed by atoms with E-state index in [4.69, 9.17) is 15.0 Å². The van der Waals surface area contributed by atoms with Crippen LogP contribution in [0.2, 0.25) is 0 Å². The smallest absolute Gasteiger partial charge is 0.0705 e. The summed E-state index contributed by atoms with van der Waals surface area (Å²) in [7, 11) is 0. The summed E-state index contributed by atoms with van der Waals surface area (Å²) in [6, 6.07) is 38.1. The molecule has 3 nitrogen and oxygen atoms in total. The van der Waals surface area contributed by atoms with Gasteiger partial charge >= 0.3 is 0 Å².